The van der Waals surface area contributed by atoms with Gasteiger partial charge < -0.3 is 10.1 Å². The van der Waals surface area contributed by atoms with Gasteiger partial charge in [-0.25, -0.2) is 4.39 Å². The summed E-state index contributed by atoms with van der Waals surface area (Å²) >= 11 is 6.05. The Hall–Kier alpha value is -2.91. The molecule has 0 radical (unpaired) electrons. The number of nitrogens with zero attached hydrogens (tertiary/aromatic N) is 3. The Kier molecular flexibility index (Phi) is 4.45. The zero-order valence-corrected chi connectivity index (χ0v) is 13.4. The van der Waals surface area contributed by atoms with Gasteiger partial charge in [-0.2, -0.15) is 5.26 Å². The average molecular weight is 343 g/mol. The molecular weight excluding hydrogens is 331 g/mol. The molecule has 0 saturated carbocycles. The molecule has 0 aliphatic heterocycles. The molecule has 1 aromatic heterocycles. The van der Waals surface area contributed by atoms with Crippen LogP contribution in [0.1, 0.15) is 11.1 Å². The maximum Gasteiger partial charge on any atom is 0.165 e. The summed E-state index contributed by atoms with van der Waals surface area (Å²) < 4.78 is 18.6. The molecule has 3 rings (SSSR count). The van der Waals surface area contributed by atoms with Crippen molar-refractivity contribution < 1.29 is 9.13 Å². The first-order valence-corrected chi connectivity index (χ1v) is 7.42. The average Bonchev–Trinajstić information content (AvgIpc) is 2.61. The number of nitrogens with one attached hydrogen (secondary N) is 1. The van der Waals surface area contributed by atoms with Gasteiger partial charge in [0.1, 0.15) is 0 Å². The Morgan fingerprint density at radius 3 is 2.75 bits per heavy atom. The maximum absolute atomic E-state index is 13.7. The first-order valence-electron chi connectivity index (χ1n) is 7.04. The van der Waals surface area contributed by atoms with Gasteiger partial charge in [-0.1, -0.05) is 17.7 Å². The molecule has 0 unspecified atom stereocenters. The Labute approximate surface area is 142 Å². The summed E-state index contributed by atoms with van der Waals surface area (Å²) in [4.78, 5) is 0. The van der Waals surface area contributed by atoms with Gasteiger partial charge in [-0.05, 0) is 35.9 Å². The lowest BCUT2D eigenvalue weighted by molar-refractivity contribution is 0.386. The smallest absolute Gasteiger partial charge is 0.165 e. The Balaban J connectivity index is 1.91. The predicted octanol–water partition coefficient (Wildman–Crippen LogP) is 3.91. The van der Waals surface area contributed by atoms with Crippen molar-refractivity contribution in [1.29, 1.82) is 5.26 Å². The largest absolute Gasteiger partial charge is 0.494 e. The number of anilines is 1. The fraction of sp³-hybridized carbons (Fsp3) is 0.118. The molecule has 2 aromatic carbocycles. The fourth-order valence-corrected chi connectivity index (χ4v) is 2.53. The van der Waals surface area contributed by atoms with E-state index in [0.717, 1.165) is 5.56 Å². The van der Waals surface area contributed by atoms with E-state index in [4.69, 9.17) is 21.6 Å². The molecule has 24 heavy (non-hydrogen) atoms. The minimum Gasteiger partial charge on any atom is -0.494 e. The summed E-state index contributed by atoms with van der Waals surface area (Å²) in [6.45, 7) is 0.336. The van der Waals surface area contributed by atoms with Gasteiger partial charge in [0.2, 0.25) is 0 Å². The van der Waals surface area contributed by atoms with Crippen LogP contribution in [0.3, 0.4) is 0 Å². The van der Waals surface area contributed by atoms with Gasteiger partial charge in [-0.3, -0.25) is 0 Å². The van der Waals surface area contributed by atoms with E-state index in [0.29, 0.717) is 28.7 Å². The third kappa shape index (κ3) is 3.07. The monoisotopic (exact) mass is 342 g/mol. The van der Waals surface area contributed by atoms with E-state index in [1.165, 1.54) is 13.2 Å². The SMILES string of the molecule is COc1ccc(CNc2nnc(Cl)c3ccc(C#N)cc23)cc1F. The molecule has 0 saturated heterocycles. The Morgan fingerprint density at radius 2 is 2.04 bits per heavy atom. The Morgan fingerprint density at radius 1 is 1.21 bits per heavy atom. The van der Waals surface area contributed by atoms with Crippen LogP contribution in [0, 0.1) is 17.1 Å². The number of ether oxygens (including phenoxy) is 1. The lowest BCUT2D eigenvalue weighted by Crippen LogP contribution is -2.04. The normalized spacial score (nSPS) is 10.4. The number of halogens is 2. The van der Waals surface area contributed by atoms with Gasteiger partial charge in [0, 0.05) is 17.3 Å². The fourth-order valence-electron chi connectivity index (χ4n) is 2.33. The van der Waals surface area contributed by atoms with Gasteiger partial charge in [-0.15, -0.1) is 10.2 Å². The van der Waals surface area contributed by atoms with E-state index in [1.807, 2.05) is 0 Å². The second kappa shape index (κ2) is 6.69. The van der Waals surface area contributed by atoms with E-state index in [2.05, 4.69) is 21.6 Å². The summed E-state index contributed by atoms with van der Waals surface area (Å²) in [6.07, 6.45) is 0. The van der Waals surface area contributed by atoms with Gasteiger partial charge in [0.15, 0.2) is 22.5 Å². The van der Waals surface area contributed by atoms with Crippen molar-refractivity contribution in [2.75, 3.05) is 12.4 Å². The summed E-state index contributed by atoms with van der Waals surface area (Å²) in [5.41, 5.74) is 1.21. The van der Waals surface area contributed by atoms with E-state index in [9.17, 15) is 4.39 Å². The lowest BCUT2D eigenvalue weighted by Gasteiger charge is -2.10. The second-order valence-electron chi connectivity index (χ2n) is 5.03. The molecular formula is C17H12ClFN4O. The van der Waals surface area contributed by atoms with E-state index < -0.39 is 5.82 Å². The highest BCUT2D eigenvalue weighted by molar-refractivity contribution is 6.34. The second-order valence-corrected chi connectivity index (χ2v) is 5.39. The molecule has 120 valence electrons. The highest BCUT2D eigenvalue weighted by atomic mass is 35.5. The molecule has 5 nitrogen and oxygen atoms in total. The predicted molar refractivity (Wildman–Crippen MR) is 89.5 cm³/mol. The van der Waals surface area contributed by atoms with Crippen molar-refractivity contribution in [3.8, 4) is 11.8 Å². The molecule has 0 aliphatic carbocycles. The minimum atomic E-state index is -0.435. The summed E-state index contributed by atoms with van der Waals surface area (Å²) in [7, 11) is 1.42. The third-order valence-electron chi connectivity index (χ3n) is 3.54. The van der Waals surface area contributed by atoms with Crippen molar-refractivity contribution >= 4 is 28.2 Å². The number of aromatic nitrogens is 2. The molecule has 0 bridgehead atoms. The van der Waals surface area contributed by atoms with Crippen LogP contribution in [-0.2, 0) is 6.54 Å². The topological polar surface area (TPSA) is 70.8 Å². The molecule has 1 N–H and O–H groups in total. The molecule has 7 heteroatoms. The molecule has 0 fully saturated rings. The van der Waals surface area contributed by atoms with Gasteiger partial charge >= 0.3 is 0 Å². The van der Waals surface area contributed by atoms with E-state index in [1.54, 1.807) is 30.3 Å². The van der Waals surface area contributed by atoms with Crippen LogP contribution in [0.2, 0.25) is 5.15 Å². The van der Waals surface area contributed by atoms with Crippen molar-refractivity contribution in [3.05, 3.63) is 58.5 Å². The number of fused-ring (bicyclic) bond motifs is 1. The van der Waals surface area contributed by atoms with E-state index >= 15 is 0 Å². The number of nitriles is 1. The van der Waals surface area contributed by atoms with Crippen molar-refractivity contribution in [2.24, 2.45) is 0 Å². The summed E-state index contributed by atoms with van der Waals surface area (Å²) in [5, 5.41) is 21.7. The first kappa shape index (κ1) is 16.0. The quantitative estimate of drug-likeness (QED) is 0.778. The van der Waals surface area contributed by atoms with Crippen molar-refractivity contribution in [3.63, 3.8) is 0 Å². The number of hydrogen-bond donors (Lipinski definition) is 1. The number of hydrogen-bond acceptors (Lipinski definition) is 5. The molecule has 0 amide bonds. The van der Waals surface area contributed by atoms with Crippen LogP contribution >= 0.6 is 11.6 Å². The zero-order valence-electron chi connectivity index (χ0n) is 12.7. The van der Waals surface area contributed by atoms with Crippen LogP contribution in [0.5, 0.6) is 5.75 Å². The first-order chi connectivity index (χ1) is 11.6. The van der Waals surface area contributed by atoms with Crippen LogP contribution in [0.25, 0.3) is 10.8 Å². The number of benzene rings is 2. The van der Waals surface area contributed by atoms with Crippen molar-refractivity contribution in [1.82, 2.24) is 10.2 Å². The summed E-state index contributed by atoms with van der Waals surface area (Å²) in [6, 6.07) is 11.9. The van der Waals surface area contributed by atoms with Crippen LogP contribution in [0.15, 0.2) is 36.4 Å². The minimum absolute atomic E-state index is 0.189. The van der Waals surface area contributed by atoms with Gasteiger partial charge in [0.25, 0.3) is 0 Å². The number of methoxy groups -OCH3 is 1. The van der Waals surface area contributed by atoms with Crippen LogP contribution in [0.4, 0.5) is 10.2 Å². The van der Waals surface area contributed by atoms with Crippen LogP contribution < -0.4 is 10.1 Å². The highest BCUT2D eigenvalue weighted by Crippen LogP contribution is 2.27. The van der Waals surface area contributed by atoms with Crippen LogP contribution in [-0.4, -0.2) is 17.3 Å². The van der Waals surface area contributed by atoms with E-state index in [-0.39, 0.29) is 10.9 Å². The molecule has 0 aliphatic rings. The molecule has 0 spiro atoms. The highest BCUT2D eigenvalue weighted by Gasteiger charge is 2.10. The summed E-state index contributed by atoms with van der Waals surface area (Å²) in [5.74, 6) is 0.229. The van der Waals surface area contributed by atoms with Gasteiger partial charge in [0.05, 0.1) is 18.7 Å². The molecule has 3 aromatic rings. The molecule has 0 atom stereocenters. The third-order valence-corrected chi connectivity index (χ3v) is 3.82. The van der Waals surface area contributed by atoms with Crippen molar-refractivity contribution in [2.45, 2.75) is 6.54 Å². The maximum atomic E-state index is 13.7. The Bertz CT molecular complexity index is 955. The molecule has 1 heterocycles. The zero-order chi connectivity index (χ0) is 17.1. The number of rotatable bonds is 4. The standard InChI is InChI=1S/C17H12ClFN4O/c1-24-15-5-3-11(7-14(15)19)9-21-17-13-6-10(8-20)2-4-12(13)16(18)22-23-17/h2-7H,9H2,1H3,(H,21,23). The lowest BCUT2D eigenvalue weighted by atomic mass is 10.1.